The van der Waals surface area contributed by atoms with E-state index in [-0.39, 0.29) is 0 Å². The fourth-order valence-corrected chi connectivity index (χ4v) is 0.872. The molecule has 8 heavy (non-hydrogen) atoms. The summed E-state index contributed by atoms with van der Waals surface area (Å²) in [5.74, 6) is 0. The molecule has 0 heterocycles. The van der Waals surface area contributed by atoms with Crippen molar-refractivity contribution in [3.05, 3.63) is 0 Å². The summed E-state index contributed by atoms with van der Waals surface area (Å²) in [5.41, 5.74) is 0. The van der Waals surface area contributed by atoms with Gasteiger partial charge in [0.2, 0.25) is 0 Å². The van der Waals surface area contributed by atoms with Crippen molar-refractivity contribution in [2.75, 3.05) is 0 Å². The van der Waals surface area contributed by atoms with E-state index < -0.39 is 0 Å². The van der Waals surface area contributed by atoms with Crippen LogP contribution in [0.2, 0.25) is 0 Å². The predicted molar refractivity (Wildman–Crippen MR) is 42.6 cm³/mol. The maximum absolute atomic E-state index is 4.27. The van der Waals surface area contributed by atoms with Crippen molar-refractivity contribution < 1.29 is 0 Å². The average Bonchev–Trinajstić information content (AvgIpc) is 1.66. The van der Waals surface area contributed by atoms with E-state index in [2.05, 4.69) is 26.5 Å². The molecule has 0 saturated heterocycles. The van der Waals surface area contributed by atoms with Crippen LogP contribution >= 0.6 is 12.6 Å². The van der Waals surface area contributed by atoms with Crippen LogP contribution in [-0.4, -0.2) is 5.25 Å². The normalized spacial score (nSPS) is 13.9. The average molecular weight is 132 g/mol. The van der Waals surface area contributed by atoms with Gasteiger partial charge in [-0.25, -0.2) is 0 Å². The lowest BCUT2D eigenvalue weighted by molar-refractivity contribution is 0.666. The summed E-state index contributed by atoms with van der Waals surface area (Å²) in [6.07, 6.45) is 5.31. The van der Waals surface area contributed by atoms with Gasteiger partial charge in [0.05, 0.1) is 0 Å². The van der Waals surface area contributed by atoms with Gasteiger partial charge in [0, 0.05) is 0 Å². The highest BCUT2D eigenvalue weighted by Crippen LogP contribution is 2.06. The minimum atomic E-state index is 0.599. The highest BCUT2D eigenvalue weighted by molar-refractivity contribution is 7.80. The standard InChI is InChI=1S/C7H16S/c1-3-4-5-6-7(2)8/h7-8H,3-6H2,1-2H3/t7-/m0/s1. The first-order chi connectivity index (χ1) is 3.77. The van der Waals surface area contributed by atoms with Gasteiger partial charge in [-0.2, -0.15) is 12.6 Å². The van der Waals surface area contributed by atoms with E-state index in [0.29, 0.717) is 5.25 Å². The molecule has 0 aliphatic carbocycles. The smallest absolute Gasteiger partial charge is 0.00116 e. The number of rotatable bonds is 4. The highest BCUT2D eigenvalue weighted by Gasteiger charge is 1.91. The van der Waals surface area contributed by atoms with Crippen LogP contribution in [0.25, 0.3) is 0 Å². The van der Waals surface area contributed by atoms with Gasteiger partial charge in [-0.05, 0) is 11.7 Å². The molecular weight excluding hydrogens is 116 g/mol. The molecule has 1 heteroatoms. The zero-order chi connectivity index (χ0) is 6.41. The lowest BCUT2D eigenvalue weighted by Gasteiger charge is -1.99. The van der Waals surface area contributed by atoms with Gasteiger partial charge in [-0.15, -0.1) is 0 Å². The maximum Gasteiger partial charge on any atom is -0.00116 e. The van der Waals surface area contributed by atoms with Crippen LogP contribution in [0.4, 0.5) is 0 Å². The zero-order valence-corrected chi connectivity index (χ0v) is 6.75. The van der Waals surface area contributed by atoms with Gasteiger partial charge >= 0.3 is 0 Å². The van der Waals surface area contributed by atoms with Crippen LogP contribution in [0.15, 0.2) is 0 Å². The molecular formula is C7H16S. The zero-order valence-electron chi connectivity index (χ0n) is 5.85. The van der Waals surface area contributed by atoms with Gasteiger partial charge < -0.3 is 0 Å². The van der Waals surface area contributed by atoms with Crippen LogP contribution in [0, 0.1) is 0 Å². The molecule has 0 aromatic carbocycles. The van der Waals surface area contributed by atoms with Crippen molar-refractivity contribution in [1.82, 2.24) is 0 Å². The van der Waals surface area contributed by atoms with Crippen molar-refractivity contribution in [2.24, 2.45) is 0 Å². The summed E-state index contributed by atoms with van der Waals surface area (Å²) in [7, 11) is 0. The molecule has 0 rings (SSSR count). The molecule has 0 N–H and O–H groups in total. The minimum absolute atomic E-state index is 0.599. The summed E-state index contributed by atoms with van der Waals surface area (Å²) in [4.78, 5) is 0. The fraction of sp³-hybridized carbons (Fsp3) is 1.00. The molecule has 0 fully saturated rings. The van der Waals surface area contributed by atoms with E-state index in [1.165, 1.54) is 25.7 Å². The molecule has 0 radical (unpaired) electrons. The second kappa shape index (κ2) is 5.49. The fourth-order valence-electron chi connectivity index (χ4n) is 0.690. The largest absolute Gasteiger partial charge is 0.176 e. The van der Waals surface area contributed by atoms with Crippen molar-refractivity contribution >= 4 is 12.6 Å². The number of unbranched alkanes of at least 4 members (excludes halogenated alkanes) is 2. The Kier molecular flexibility index (Phi) is 5.73. The molecule has 1 atom stereocenters. The molecule has 0 aromatic rings. The molecule has 0 aliphatic heterocycles. The van der Waals surface area contributed by atoms with Gasteiger partial charge in [0.1, 0.15) is 0 Å². The Morgan fingerprint density at radius 1 is 1.38 bits per heavy atom. The first kappa shape index (κ1) is 8.35. The summed E-state index contributed by atoms with van der Waals surface area (Å²) >= 11 is 4.27. The molecule has 50 valence electrons. The van der Waals surface area contributed by atoms with E-state index in [4.69, 9.17) is 0 Å². The molecule has 0 saturated carbocycles. The SMILES string of the molecule is CCCCC[C@H](C)S. The Bertz CT molecular complexity index is 41.7. The molecule has 0 aromatic heterocycles. The van der Waals surface area contributed by atoms with Crippen LogP contribution in [0.1, 0.15) is 39.5 Å². The topological polar surface area (TPSA) is 0 Å². The van der Waals surface area contributed by atoms with E-state index in [1.54, 1.807) is 0 Å². The first-order valence-electron chi connectivity index (χ1n) is 3.45. The third-order valence-electron chi connectivity index (χ3n) is 1.23. The van der Waals surface area contributed by atoms with E-state index >= 15 is 0 Å². The van der Waals surface area contributed by atoms with E-state index in [9.17, 15) is 0 Å². The Hall–Kier alpha value is 0.350. The molecule has 0 aliphatic rings. The van der Waals surface area contributed by atoms with Crippen LogP contribution in [-0.2, 0) is 0 Å². The predicted octanol–water partition coefficient (Wildman–Crippen LogP) is 2.89. The Balaban J connectivity index is 2.72. The Morgan fingerprint density at radius 2 is 2.00 bits per heavy atom. The summed E-state index contributed by atoms with van der Waals surface area (Å²) in [6, 6.07) is 0. The molecule has 0 unspecified atom stereocenters. The summed E-state index contributed by atoms with van der Waals surface area (Å²) < 4.78 is 0. The van der Waals surface area contributed by atoms with Gasteiger partial charge in [-0.1, -0.05) is 33.1 Å². The van der Waals surface area contributed by atoms with Crippen LogP contribution in [0.5, 0.6) is 0 Å². The van der Waals surface area contributed by atoms with Gasteiger partial charge in [0.15, 0.2) is 0 Å². The van der Waals surface area contributed by atoms with Crippen molar-refractivity contribution in [2.45, 2.75) is 44.8 Å². The summed E-state index contributed by atoms with van der Waals surface area (Å²) in [6.45, 7) is 4.38. The minimum Gasteiger partial charge on any atom is -0.176 e. The van der Waals surface area contributed by atoms with Crippen molar-refractivity contribution in [1.29, 1.82) is 0 Å². The van der Waals surface area contributed by atoms with Crippen LogP contribution < -0.4 is 0 Å². The van der Waals surface area contributed by atoms with Crippen molar-refractivity contribution in [3.8, 4) is 0 Å². The molecule has 0 nitrogen and oxygen atoms in total. The lowest BCUT2D eigenvalue weighted by atomic mass is 10.2. The van der Waals surface area contributed by atoms with E-state index in [1.807, 2.05) is 0 Å². The molecule has 0 spiro atoms. The Labute approximate surface area is 58.1 Å². The molecule has 0 amide bonds. The number of hydrogen-bond donors (Lipinski definition) is 1. The summed E-state index contributed by atoms with van der Waals surface area (Å²) in [5, 5.41) is 0.599. The number of hydrogen-bond acceptors (Lipinski definition) is 1. The third-order valence-corrected chi connectivity index (χ3v) is 1.48. The van der Waals surface area contributed by atoms with Crippen LogP contribution in [0.3, 0.4) is 0 Å². The van der Waals surface area contributed by atoms with Gasteiger partial charge in [0.25, 0.3) is 0 Å². The van der Waals surface area contributed by atoms with E-state index in [0.717, 1.165) is 0 Å². The highest BCUT2D eigenvalue weighted by atomic mass is 32.1. The second-order valence-corrected chi connectivity index (χ2v) is 3.23. The Morgan fingerprint density at radius 3 is 2.38 bits per heavy atom. The quantitative estimate of drug-likeness (QED) is 0.441. The molecule has 0 bridgehead atoms. The number of thiol groups is 1. The third kappa shape index (κ3) is 6.35. The maximum atomic E-state index is 4.27. The first-order valence-corrected chi connectivity index (χ1v) is 3.97. The second-order valence-electron chi connectivity index (χ2n) is 2.34. The monoisotopic (exact) mass is 132 g/mol. The van der Waals surface area contributed by atoms with Gasteiger partial charge in [-0.3, -0.25) is 0 Å². The lowest BCUT2D eigenvalue weighted by Crippen LogP contribution is -1.88. The van der Waals surface area contributed by atoms with Crippen molar-refractivity contribution in [3.63, 3.8) is 0 Å².